The van der Waals surface area contributed by atoms with Gasteiger partial charge in [-0.05, 0) is 30.0 Å². The maximum atomic E-state index is 13.3. The summed E-state index contributed by atoms with van der Waals surface area (Å²) in [5.74, 6) is -0.638. The normalized spacial score (nSPS) is 16.4. The van der Waals surface area contributed by atoms with Crippen molar-refractivity contribution in [1.29, 1.82) is 0 Å². The summed E-state index contributed by atoms with van der Waals surface area (Å²) in [6.45, 7) is 0.255. The molecule has 0 aliphatic heterocycles. The highest BCUT2D eigenvalue weighted by molar-refractivity contribution is 5.92. The molecule has 2 unspecified atom stereocenters. The lowest BCUT2D eigenvalue weighted by molar-refractivity contribution is -0.129. The first-order chi connectivity index (χ1) is 14.2. The van der Waals surface area contributed by atoms with Gasteiger partial charge in [-0.25, -0.2) is 5.48 Å². The first-order valence-electron chi connectivity index (χ1n) is 9.78. The zero-order valence-electron chi connectivity index (χ0n) is 15.9. The van der Waals surface area contributed by atoms with Gasteiger partial charge in [0.2, 0.25) is 11.8 Å². The molecule has 2 amide bonds. The summed E-state index contributed by atoms with van der Waals surface area (Å²) in [6, 6.07) is 15.3. The molecule has 0 radical (unpaired) electrons. The number of H-pyrrole nitrogens is 1. The molecule has 0 bridgehead atoms. The summed E-state index contributed by atoms with van der Waals surface area (Å²) in [5, 5.41) is 16.0. The van der Waals surface area contributed by atoms with E-state index in [4.69, 9.17) is 5.21 Å². The van der Waals surface area contributed by atoms with Crippen molar-refractivity contribution in [2.75, 3.05) is 6.54 Å². The first kappa shape index (κ1) is 19.2. The third kappa shape index (κ3) is 4.01. The number of fused-ring (bicyclic) bond motifs is 2. The molecule has 0 saturated heterocycles. The monoisotopic (exact) mass is 392 g/mol. The minimum absolute atomic E-state index is 0.0195. The average molecular weight is 392 g/mol. The second kappa shape index (κ2) is 8.46. The Hall–Kier alpha value is -3.16. The lowest BCUT2D eigenvalue weighted by atomic mass is 10.0. The molecule has 0 saturated carbocycles. The van der Waals surface area contributed by atoms with E-state index in [0.717, 1.165) is 34.9 Å². The molecule has 1 aliphatic carbocycles. The van der Waals surface area contributed by atoms with Crippen LogP contribution in [0.3, 0.4) is 0 Å². The molecule has 2 aromatic carbocycles. The number of aryl methyl sites for hydroxylation is 1. The van der Waals surface area contributed by atoms with Crippen molar-refractivity contribution in [3.05, 3.63) is 71.4 Å². The van der Waals surface area contributed by atoms with Gasteiger partial charge in [0, 0.05) is 35.6 Å². The summed E-state index contributed by atoms with van der Waals surface area (Å²) in [7, 11) is 0. The fraction of sp³-hybridized carbons (Fsp3) is 0.273. The lowest BCUT2D eigenvalue weighted by Crippen LogP contribution is -2.40. The van der Waals surface area contributed by atoms with Gasteiger partial charge in [-0.1, -0.05) is 42.5 Å². The van der Waals surface area contributed by atoms with Gasteiger partial charge in [-0.15, -0.1) is 0 Å². The second-order valence-corrected chi connectivity index (χ2v) is 7.26. The van der Waals surface area contributed by atoms with Crippen molar-refractivity contribution >= 4 is 22.7 Å². The average Bonchev–Trinajstić information content (AvgIpc) is 3.35. The molecular weight excluding hydrogens is 368 g/mol. The van der Waals surface area contributed by atoms with E-state index in [2.05, 4.69) is 27.8 Å². The van der Waals surface area contributed by atoms with Crippen molar-refractivity contribution in [2.24, 2.45) is 0 Å². The Morgan fingerprint density at radius 1 is 1.14 bits per heavy atom. The standard InChI is InChI=1S/C22H24N4O3/c27-20(26-29)11-12-23-21(17-13-24-18-8-4-3-7-16(17)18)22(28)25-19-10-9-14-5-1-2-6-15(14)19/h1-8,13,19,21,23-24,29H,9-12H2,(H,25,28)(H,26,27). The van der Waals surface area contributed by atoms with E-state index in [9.17, 15) is 9.59 Å². The molecule has 7 heteroatoms. The number of carbonyl (C=O) groups excluding carboxylic acids is 2. The SMILES string of the molecule is O=C(CCNC(C(=O)NC1CCc2ccccc21)c1c[nH]c2ccccc12)NO. The van der Waals surface area contributed by atoms with Crippen LogP contribution in [0.15, 0.2) is 54.7 Å². The Kier molecular flexibility index (Phi) is 5.59. The van der Waals surface area contributed by atoms with Gasteiger partial charge in [0.15, 0.2) is 0 Å². The number of rotatable bonds is 7. The summed E-state index contributed by atoms with van der Waals surface area (Å²) in [4.78, 5) is 27.8. The van der Waals surface area contributed by atoms with Crippen LogP contribution >= 0.6 is 0 Å². The smallest absolute Gasteiger partial charge is 0.244 e. The second-order valence-electron chi connectivity index (χ2n) is 7.26. The zero-order valence-corrected chi connectivity index (χ0v) is 15.9. The maximum Gasteiger partial charge on any atom is 0.244 e. The van der Waals surface area contributed by atoms with Crippen molar-refractivity contribution in [3.8, 4) is 0 Å². The number of hydrogen-bond acceptors (Lipinski definition) is 4. The molecular formula is C22H24N4O3. The Morgan fingerprint density at radius 2 is 1.93 bits per heavy atom. The third-order valence-corrected chi connectivity index (χ3v) is 5.47. The molecule has 4 rings (SSSR count). The van der Waals surface area contributed by atoms with Gasteiger partial charge in [-0.2, -0.15) is 0 Å². The fourth-order valence-electron chi connectivity index (χ4n) is 4.02. The predicted molar refractivity (Wildman–Crippen MR) is 109 cm³/mol. The third-order valence-electron chi connectivity index (χ3n) is 5.47. The van der Waals surface area contributed by atoms with Crippen LogP contribution in [0.5, 0.6) is 0 Å². The molecule has 0 fully saturated rings. The molecule has 2 atom stereocenters. The minimum Gasteiger partial charge on any atom is -0.361 e. The molecule has 1 heterocycles. The maximum absolute atomic E-state index is 13.3. The first-order valence-corrected chi connectivity index (χ1v) is 9.78. The molecule has 150 valence electrons. The van der Waals surface area contributed by atoms with Crippen LogP contribution in [0.1, 0.15) is 41.6 Å². The number of nitrogens with one attached hydrogen (secondary N) is 4. The molecule has 3 aromatic rings. The topological polar surface area (TPSA) is 106 Å². The Bertz CT molecular complexity index is 1030. The fourth-order valence-corrected chi connectivity index (χ4v) is 4.02. The predicted octanol–water partition coefficient (Wildman–Crippen LogP) is 2.50. The molecule has 1 aromatic heterocycles. The molecule has 1 aliphatic rings. The summed E-state index contributed by atoms with van der Waals surface area (Å²) in [6.07, 6.45) is 3.72. The molecule has 0 spiro atoms. The number of aromatic amines is 1. The summed E-state index contributed by atoms with van der Waals surface area (Å²) in [5.41, 5.74) is 5.83. The number of para-hydroxylation sites is 1. The van der Waals surface area contributed by atoms with Crippen LogP contribution in [-0.4, -0.2) is 28.6 Å². The van der Waals surface area contributed by atoms with Gasteiger partial charge in [0.1, 0.15) is 6.04 Å². The Morgan fingerprint density at radius 3 is 2.79 bits per heavy atom. The van der Waals surface area contributed by atoms with E-state index >= 15 is 0 Å². The van der Waals surface area contributed by atoms with Crippen molar-refractivity contribution < 1.29 is 14.8 Å². The largest absolute Gasteiger partial charge is 0.361 e. The highest BCUT2D eigenvalue weighted by atomic mass is 16.5. The van der Waals surface area contributed by atoms with Crippen molar-refractivity contribution in [2.45, 2.75) is 31.3 Å². The molecule has 7 nitrogen and oxygen atoms in total. The van der Waals surface area contributed by atoms with Crippen molar-refractivity contribution in [3.63, 3.8) is 0 Å². The number of amides is 2. The molecule has 5 N–H and O–H groups in total. The highest BCUT2D eigenvalue weighted by Gasteiger charge is 2.29. The summed E-state index contributed by atoms with van der Waals surface area (Å²) >= 11 is 0. The van der Waals surface area contributed by atoms with E-state index < -0.39 is 11.9 Å². The Labute approximate surface area is 168 Å². The van der Waals surface area contributed by atoms with Gasteiger partial charge < -0.3 is 15.6 Å². The number of hydrogen-bond donors (Lipinski definition) is 5. The molecule has 29 heavy (non-hydrogen) atoms. The lowest BCUT2D eigenvalue weighted by Gasteiger charge is -2.21. The van der Waals surface area contributed by atoms with Gasteiger partial charge in [0.25, 0.3) is 0 Å². The number of benzene rings is 2. The quantitative estimate of drug-likeness (QED) is 0.315. The van der Waals surface area contributed by atoms with Gasteiger partial charge in [-0.3, -0.25) is 14.8 Å². The van der Waals surface area contributed by atoms with Gasteiger partial charge >= 0.3 is 0 Å². The highest BCUT2D eigenvalue weighted by Crippen LogP contribution is 2.32. The number of aromatic nitrogens is 1. The van der Waals surface area contributed by atoms with Crippen LogP contribution < -0.4 is 16.1 Å². The number of hydroxylamine groups is 1. The zero-order chi connectivity index (χ0) is 20.2. The summed E-state index contributed by atoms with van der Waals surface area (Å²) < 4.78 is 0. The van der Waals surface area contributed by atoms with Gasteiger partial charge in [0.05, 0.1) is 6.04 Å². The van der Waals surface area contributed by atoms with E-state index in [1.54, 1.807) is 5.48 Å². The number of carbonyl (C=O) groups is 2. The Balaban J connectivity index is 1.56. The van der Waals surface area contributed by atoms with E-state index in [0.29, 0.717) is 0 Å². The van der Waals surface area contributed by atoms with Crippen LogP contribution in [-0.2, 0) is 16.0 Å². The van der Waals surface area contributed by atoms with Crippen LogP contribution in [0.4, 0.5) is 0 Å². The van der Waals surface area contributed by atoms with Crippen LogP contribution in [0.25, 0.3) is 10.9 Å². The van der Waals surface area contributed by atoms with E-state index in [-0.39, 0.29) is 24.9 Å². The van der Waals surface area contributed by atoms with E-state index in [1.165, 1.54) is 5.56 Å². The minimum atomic E-state index is -0.620. The van der Waals surface area contributed by atoms with Crippen molar-refractivity contribution in [1.82, 2.24) is 21.1 Å². The van der Waals surface area contributed by atoms with Crippen LogP contribution in [0.2, 0.25) is 0 Å². The van der Waals surface area contributed by atoms with E-state index in [1.807, 2.05) is 42.6 Å². The van der Waals surface area contributed by atoms with Crippen LogP contribution in [0, 0.1) is 0 Å².